The van der Waals surface area contributed by atoms with E-state index in [2.05, 4.69) is 20.5 Å². The molecule has 8 rings (SSSR count). The van der Waals surface area contributed by atoms with Crippen LogP contribution < -0.4 is 20.1 Å². The highest BCUT2D eigenvalue weighted by molar-refractivity contribution is 6.36. The second-order valence-electron chi connectivity index (χ2n) is 17.9. The number of halogens is 4. The first-order chi connectivity index (χ1) is 30.8. The van der Waals surface area contributed by atoms with Gasteiger partial charge in [0.15, 0.2) is 11.5 Å². The second kappa shape index (κ2) is 17.9. The SMILES string of the molecule is CC(C)Nc1nc(-c2c(O)cccc2F)c(Cl)c2c1C(=O)N1CCN(CC(C)Nc3nc(-c4c(O)cccc4F)c(Cl)c4c3C(=O)N3CCN(C(=O)OC(C)(C)C)CC3CO4)C[C@@H]1CO2. The molecule has 0 saturated carbocycles. The van der Waals surface area contributed by atoms with E-state index in [0.29, 0.717) is 26.2 Å². The van der Waals surface area contributed by atoms with Crippen molar-refractivity contribution in [2.75, 3.05) is 69.7 Å². The van der Waals surface area contributed by atoms with Gasteiger partial charge in [0.25, 0.3) is 11.8 Å². The van der Waals surface area contributed by atoms with Gasteiger partial charge in [0.1, 0.15) is 86.1 Å². The molecule has 0 spiro atoms. The summed E-state index contributed by atoms with van der Waals surface area (Å²) < 4.78 is 48.8. The van der Waals surface area contributed by atoms with Gasteiger partial charge in [-0.1, -0.05) is 35.3 Å². The van der Waals surface area contributed by atoms with Gasteiger partial charge in [0.2, 0.25) is 0 Å². The van der Waals surface area contributed by atoms with Crippen molar-refractivity contribution in [2.45, 2.75) is 71.3 Å². The lowest BCUT2D eigenvalue weighted by atomic mass is 10.0. The minimum absolute atomic E-state index is 0.0133. The Morgan fingerprint density at radius 3 is 1.77 bits per heavy atom. The lowest BCUT2D eigenvalue weighted by Crippen LogP contribution is -2.58. The number of ether oxygens (including phenoxy) is 3. The van der Waals surface area contributed by atoms with Crippen molar-refractivity contribution in [1.82, 2.24) is 29.6 Å². The molecule has 4 N–H and O–H groups in total. The molecule has 20 heteroatoms. The minimum Gasteiger partial charge on any atom is -0.507 e. The van der Waals surface area contributed by atoms with Gasteiger partial charge < -0.3 is 49.8 Å². The molecule has 65 heavy (non-hydrogen) atoms. The molecule has 2 unspecified atom stereocenters. The van der Waals surface area contributed by atoms with Gasteiger partial charge in [-0.3, -0.25) is 14.5 Å². The van der Waals surface area contributed by atoms with E-state index in [1.165, 1.54) is 35.2 Å². The van der Waals surface area contributed by atoms with Crippen LogP contribution in [-0.4, -0.2) is 146 Å². The van der Waals surface area contributed by atoms with Crippen LogP contribution in [0.4, 0.5) is 25.2 Å². The van der Waals surface area contributed by atoms with Gasteiger partial charge in [-0.2, -0.15) is 0 Å². The number of benzene rings is 2. The van der Waals surface area contributed by atoms with Crippen molar-refractivity contribution >= 4 is 52.7 Å². The number of nitrogens with zero attached hydrogens (tertiary/aromatic N) is 6. The molecule has 3 amide bonds. The van der Waals surface area contributed by atoms with Crippen LogP contribution in [0.3, 0.4) is 0 Å². The molecule has 2 aromatic carbocycles. The van der Waals surface area contributed by atoms with Gasteiger partial charge in [-0.15, -0.1) is 0 Å². The van der Waals surface area contributed by atoms with Gasteiger partial charge >= 0.3 is 6.09 Å². The fourth-order valence-corrected chi connectivity index (χ4v) is 9.20. The number of aromatic nitrogens is 2. The number of hydrogen-bond acceptors (Lipinski definition) is 13. The zero-order chi connectivity index (χ0) is 46.6. The molecule has 0 radical (unpaired) electrons. The Labute approximate surface area is 384 Å². The molecule has 0 bridgehead atoms. The Kier molecular flexibility index (Phi) is 12.6. The molecular weight excluding hydrogens is 889 g/mol. The number of nitrogens with one attached hydrogen (secondary N) is 2. The van der Waals surface area contributed by atoms with Gasteiger partial charge in [-0.25, -0.2) is 23.5 Å². The Morgan fingerprint density at radius 2 is 1.28 bits per heavy atom. The predicted molar refractivity (Wildman–Crippen MR) is 239 cm³/mol. The monoisotopic (exact) mass is 938 g/mol. The van der Waals surface area contributed by atoms with Crippen LogP contribution in [0.1, 0.15) is 62.3 Å². The molecule has 2 fully saturated rings. The summed E-state index contributed by atoms with van der Waals surface area (Å²) in [5, 5.41) is 27.7. The first-order valence-electron chi connectivity index (χ1n) is 21.3. The number of amides is 3. The van der Waals surface area contributed by atoms with Crippen molar-refractivity contribution in [2.24, 2.45) is 0 Å². The van der Waals surface area contributed by atoms with Gasteiger partial charge in [-0.05, 0) is 65.8 Å². The molecule has 4 aromatic rings. The zero-order valence-electron chi connectivity index (χ0n) is 36.7. The van der Waals surface area contributed by atoms with Crippen molar-refractivity contribution in [3.8, 4) is 45.5 Å². The lowest BCUT2D eigenvalue weighted by molar-refractivity contribution is 0.000948. The number of anilines is 2. The fourth-order valence-electron chi connectivity index (χ4n) is 8.62. The topological polar surface area (TPSA) is 182 Å². The standard InChI is InChI=1S/C45H50Cl2F2N8O8/c1-22(2)50-40-32-38(34(46)36(52-40)30-26(48)9-7-11-28(30)58)63-20-24-18-54(13-15-56(24)42(32)60)17-23(3)51-41-33-39(35(47)37(53-41)31-27(49)10-8-12-29(31)59)64-21-25-19-55(14-16-57(25)43(33)61)44(62)65-45(4,5)6/h7-12,22-25,58-59H,13-21H2,1-6H3,(H,50,52)(H,51,53)/t23?,24-,25?/m1/s1. The average molecular weight is 940 g/mol. The van der Waals surface area contributed by atoms with Gasteiger partial charge in [0, 0.05) is 57.9 Å². The number of fused-ring (bicyclic) bond motifs is 4. The number of piperazine rings is 2. The first kappa shape index (κ1) is 45.7. The Morgan fingerprint density at radius 1 is 0.785 bits per heavy atom. The van der Waals surface area contributed by atoms with Crippen LogP contribution in [0.5, 0.6) is 23.0 Å². The van der Waals surface area contributed by atoms with E-state index in [9.17, 15) is 24.6 Å². The summed E-state index contributed by atoms with van der Waals surface area (Å²) in [4.78, 5) is 58.3. The summed E-state index contributed by atoms with van der Waals surface area (Å²) in [5.41, 5.74) is -1.34. The maximum atomic E-state index is 15.5. The number of pyridine rings is 2. The zero-order valence-corrected chi connectivity index (χ0v) is 38.2. The number of carbonyl (C=O) groups excluding carboxylic acids is 3. The molecule has 2 aromatic heterocycles. The summed E-state index contributed by atoms with van der Waals surface area (Å²) in [5.74, 6) is -3.04. The number of rotatable bonds is 8. The van der Waals surface area contributed by atoms with Crippen LogP contribution in [0.2, 0.25) is 10.0 Å². The molecule has 346 valence electrons. The number of aromatic hydroxyl groups is 2. The van der Waals surface area contributed by atoms with E-state index >= 15 is 8.78 Å². The number of hydrogen-bond donors (Lipinski definition) is 4. The predicted octanol–water partition coefficient (Wildman–Crippen LogP) is 7.10. The van der Waals surface area contributed by atoms with E-state index in [1.54, 1.807) is 30.6 Å². The van der Waals surface area contributed by atoms with Crippen molar-refractivity contribution < 1.29 is 47.6 Å². The summed E-state index contributed by atoms with van der Waals surface area (Å²) in [6.07, 6.45) is -0.520. The van der Waals surface area contributed by atoms with E-state index in [-0.39, 0.29) is 117 Å². The number of carbonyl (C=O) groups is 3. The summed E-state index contributed by atoms with van der Waals surface area (Å²) >= 11 is 13.8. The first-order valence-corrected chi connectivity index (χ1v) is 22.1. The molecule has 0 aliphatic carbocycles. The fraction of sp³-hybridized carbons (Fsp3) is 0.444. The largest absolute Gasteiger partial charge is 0.507 e. The molecule has 16 nitrogen and oxygen atoms in total. The third-order valence-electron chi connectivity index (χ3n) is 11.5. The highest BCUT2D eigenvalue weighted by atomic mass is 35.5. The van der Waals surface area contributed by atoms with Crippen LogP contribution in [-0.2, 0) is 4.74 Å². The van der Waals surface area contributed by atoms with E-state index in [1.807, 2.05) is 20.8 Å². The number of phenolic OH excluding ortho intramolecular Hbond substituents is 2. The number of phenols is 2. The van der Waals surface area contributed by atoms with E-state index in [0.717, 1.165) is 6.07 Å². The molecule has 4 aliphatic rings. The Hall–Kier alpha value is -5.85. The highest BCUT2D eigenvalue weighted by Crippen LogP contribution is 2.47. The van der Waals surface area contributed by atoms with Crippen LogP contribution in [0.25, 0.3) is 22.5 Å². The Bertz CT molecular complexity index is 2520. The smallest absolute Gasteiger partial charge is 0.410 e. The van der Waals surface area contributed by atoms with Crippen LogP contribution in [0.15, 0.2) is 36.4 Å². The molecule has 2 saturated heterocycles. The quantitative estimate of drug-likeness (QED) is 0.141. The minimum atomic E-state index is -0.797. The summed E-state index contributed by atoms with van der Waals surface area (Å²) in [7, 11) is 0. The average Bonchev–Trinajstić information content (AvgIpc) is 3.47. The van der Waals surface area contributed by atoms with Crippen LogP contribution in [0, 0.1) is 11.6 Å². The molecule has 3 atom stereocenters. The van der Waals surface area contributed by atoms with Gasteiger partial charge in [0.05, 0.1) is 23.2 Å². The summed E-state index contributed by atoms with van der Waals surface area (Å²) in [6.45, 7) is 12.8. The van der Waals surface area contributed by atoms with Crippen LogP contribution >= 0.6 is 23.2 Å². The summed E-state index contributed by atoms with van der Waals surface area (Å²) in [6, 6.07) is 5.97. The van der Waals surface area contributed by atoms with Crippen molar-refractivity contribution in [1.29, 1.82) is 0 Å². The molecule has 6 heterocycles. The van der Waals surface area contributed by atoms with E-state index < -0.39 is 53.1 Å². The highest BCUT2D eigenvalue weighted by Gasteiger charge is 2.43. The maximum absolute atomic E-state index is 15.5. The second-order valence-corrected chi connectivity index (χ2v) is 18.6. The third-order valence-corrected chi connectivity index (χ3v) is 12.2. The normalized spacial score (nSPS) is 19.2. The van der Waals surface area contributed by atoms with E-state index in [4.69, 9.17) is 42.4 Å². The lowest BCUT2D eigenvalue weighted by Gasteiger charge is -2.41. The third kappa shape index (κ3) is 8.95. The maximum Gasteiger partial charge on any atom is 0.410 e. The molecule has 4 aliphatic heterocycles. The molecular formula is C45H50Cl2F2N8O8. The van der Waals surface area contributed by atoms with Crippen molar-refractivity contribution in [3.63, 3.8) is 0 Å². The Balaban J connectivity index is 1.06. The van der Waals surface area contributed by atoms with Crippen molar-refractivity contribution in [3.05, 3.63) is 69.2 Å².